The summed E-state index contributed by atoms with van der Waals surface area (Å²) in [6, 6.07) is 3.46. The van der Waals surface area contributed by atoms with Crippen molar-refractivity contribution in [3.63, 3.8) is 0 Å². The van der Waals surface area contributed by atoms with Gasteiger partial charge in [-0.15, -0.1) is 0 Å². The molecule has 1 N–H and O–H groups in total. The highest BCUT2D eigenvalue weighted by Crippen LogP contribution is 2.34. The molecule has 0 aliphatic heterocycles. The fourth-order valence-electron chi connectivity index (χ4n) is 4.00. The predicted molar refractivity (Wildman–Crippen MR) is 136 cm³/mol. The van der Waals surface area contributed by atoms with E-state index in [0.717, 1.165) is 18.5 Å². The van der Waals surface area contributed by atoms with Crippen molar-refractivity contribution in [2.24, 2.45) is 5.92 Å². The molecule has 35 heavy (non-hydrogen) atoms. The summed E-state index contributed by atoms with van der Waals surface area (Å²) in [6.07, 6.45) is 9.43. The second kappa shape index (κ2) is 9.94. The van der Waals surface area contributed by atoms with E-state index in [1.807, 2.05) is 6.92 Å². The van der Waals surface area contributed by atoms with Crippen molar-refractivity contribution in [3.8, 4) is 28.7 Å². The van der Waals surface area contributed by atoms with Crippen LogP contribution >= 0.6 is 22.9 Å². The van der Waals surface area contributed by atoms with Crippen molar-refractivity contribution in [1.82, 2.24) is 24.9 Å². The van der Waals surface area contributed by atoms with Gasteiger partial charge in [0.1, 0.15) is 16.6 Å². The molecule has 8 nitrogen and oxygen atoms in total. The van der Waals surface area contributed by atoms with Crippen molar-refractivity contribution in [2.45, 2.75) is 32.6 Å². The number of amides is 1. The maximum Gasteiger partial charge on any atom is 0.259 e. The number of thiazole rings is 1. The number of nitrogens with zero attached hydrogens (tertiary/aromatic N) is 5. The molecule has 4 heterocycles. The first kappa shape index (κ1) is 23.1. The topological polar surface area (TPSA) is 103 Å². The fourth-order valence-corrected chi connectivity index (χ4v) is 4.95. The number of pyridine rings is 2. The van der Waals surface area contributed by atoms with E-state index in [1.165, 1.54) is 43.7 Å². The molecule has 0 saturated heterocycles. The van der Waals surface area contributed by atoms with Crippen molar-refractivity contribution in [2.75, 3.05) is 12.4 Å². The van der Waals surface area contributed by atoms with Gasteiger partial charge in [-0.3, -0.25) is 15.1 Å². The highest BCUT2D eigenvalue weighted by atomic mass is 35.5. The number of methoxy groups -OCH3 is 1. The van der Waals surface area contributed by atoms with Gasteiger partial charge in [-0.25, -0.2) is 15.0 Å². The summed E-state index contributed by atoms with van der Waals surface area (Å²) in [5.41, 5.74) is 3.42. The first-order valence-corrected chi connectivity index (χ1v) is 12.3. The van der Waals surface area contributed by atoms with Gasteiger partial charge in [0.25, 0.3) is 5.91 Å². The predicted octanol–water partition coefficient (Wildman–Crippen LogP) is 5.31. The average molecular weight is 505 g/mol. The summed E-state index contributed by atoms with van der Waals surface area (Å²) >= 11 is 7.37. The number of aryl methyl sites for hydroxylation is 1. The molecule has 0 aromatic carbocycles. The second-order valence-corrected chi connectivity index (χ2v) is 9.55. The number of hydrogen-bond acceptors (Lipinski definition) is 8. The van der Waals surface area contributed by atoms with Crippen LogP contribution in [0.2, 0.25) is 5.15 Å². The number of nitrogens with one attached hydrogen (secondary N) is 1. The minimum atomic E-state index is -0.372. The van der Waals surface area contributed by atoms with Crippen LogP contribution in [0.1, 0.15) is 47.4 Å². The van der Waals surface area contributed by atoms with Gasteiger partial charge in [0.15, 0.2) is 15.6 Å². The van der Waals surface area contributed by atoms with Crippen LogP contribution < -0.4 is 10.1 Å². The van der Waals surface area contributed by atoms with Crippen LogP contribution in [0.15, 0.2) is 30.7 Å². The van der Waals surface area contributed by atoms with Gasteiger partial charge in [0.05, 0.1) is 25.1 Å². The number of carbonyl (C=O) groups excluding carboxylic acids is 1. The molecular formula is C25H21ClN6O2S. The molecule has 0 unspecified atom stereocenters. The van der Waals surface area contributed by atoms with E-state index in [2.05, 4.69) is 42.1 Å². The largest absolute Gasteiger partial charge is 0.494 e. The molecule has 0 radical (unpaired) electrons. The van der Waals surface area contributed by atoms with Gasteiger partial charge >= 0.3 is 0 Å². The van der Waals surface area contributed by atoms with Crippen LogP contribution in [0, 0.1) is 24.7 Å². The Kier molecular flexibility index (Phi) is 6.57. The standard InChI is InChI=1S/C25H21ClN6O2S/c1-14-9-17(18-10-21(26)28-13-20(18)34-2)19(12-27-14)23(33)32-25-31-22-24(35-25)30-16(11-29-22)8-7-15-5-3-4-6-15/h9-13,15H,3-6H2,1-2H3,(H,29,31,32,33). The lowest BCUT2D eigenvalue weighted by molar-refractivity contribution is 0.102. The lowest BCUT2D eigenvalue weighted by Crippen LogP contribution is -2.14. The number of hydrogen-bond donors (Lipinski definition) is 1. The van der Waals surface area contributed by atoms with Gasteiger partial charge in [-0.05, 0) is 37.8 Å². The van der Waals surface area contributed by atoms with Crippen LogP contribution in [-0.4, -0.2) is 37.9 Å². The van der Waals surface area contributed by atoms with Gasteiger partial charge in [-0.2, -0.15) is 4.98 Å². The molecule has 1 saturated carbocycles. The van der Waals surface area contributed by atoms with Crippen LogP contribution in [0.5, 0.6) is 5.75 Å². The first-order chi connectivity index (χ1) is 17.0. The highest BCUT2D eigenvalue weighted by molar-refractivity contribution is 7.21. The van der Waals surface area contributed by atoms with Gasteiger partial charge < -0.3 is 4.74 Å². The Morgan fingerprint density at radius 2 is 1.94 bits per heavy atom. The molecule has 5 rings (SSSR count). The zero-order valence-corrected chi connectivity index (χ0v) is 20.7. The Morgan fingerprint density at radius 3 is 2.74 bits per heavy atom. The number of aromatic nitrogens is 5. The van der Waals surface area contributed by atoms with E-state index < -0.39 is 0 Å². The molecule has 10 heteroatoms. The summed E-state index contributed by atoms with van der Waals surface area (Å²) < 4.78 is 5.44. The normalized spacial score (nSPS) is 13.5. The van der Waals surface area contributed by atoms with Crippen molar-refractivity contribution in [1.29, 1.82) is 0 Å². The number of carbonyl (C=O) groups is 1. The van der Waals surface area contributed by atoms with E-state index in [1.54, 1.807) is 18.3 Å². The maximum absolute atomic E-state index is 13.3. The monoisotopic (exact) mass is 504 g/mol. The third kappa shape index (κ3) is 5.09. The molecule has 1 aliphatic rings. The molecule has 1 aliphatic carbocycles. The molecule has 1 fully saturated rings. The van der Waals surface area contributed by atoms with E-state index >= 15 is 0 Å². The van der Waals surface area contributed by atoms with Crippen LogP contribution in [0.4, 0.5) is 5.13 Å². The Hall–Kier alpha value is -3.61. The third-order valence-electron chi connectivity index (χ3n) is 5.73. The zero-order chi connectivity index (χ0) is 24.4. The quantitative estimate of drug-likeness (QED) is 0.297. The smallest absolute Gasteiger partial charge is 0.259 e. The number of halogens is 1. The van der Waals surface area contributed by atoms with Gasteiger partial charge in [0, 0.05) is 28.9 Å². The summed E-state index contributed by atoms with van der Waals surface area (Å²) in [7, 11) is 1.54. The fraction of sp³-hybridized carbons (Fsp3) is 0.280. The summed E-state index contributed by atoms with van der Waals surface area (Å²) in [6.45, 7) is 1.85. The molecule has 0 atom stereocenters. The van der Waals surface area contributed by atoms with Gasteiger partial charge in [0.2, 0.25) is 0 Å². The van der Waals surface area contributed by atoms with E-state index in [9.17, 15) is 4.79 Å². The molecular weight excluding hydrogens is 484 g/mol. The Labute approximate surface area is 211 Å². The van der Waals surface area contributed by atoms with Crippen molar-refractivity contribution in [3.05, 3.63) is 52.8 Å². The van der Waals surface area contributed by atoms with Crippen molar-refractivity contribution >= 4 is 44.5 Å². The number of fused-ring (bicyclic) bond motifs is 1. The molecule has 0 bridgehead atoms. The van der Waals surface area contributed by atoms with Crippen LogP contribution in [-0.2, 0) is 0 Å². The number of rotatable bonds is 4. The van der Waals surface area contributed by atoms with E-state index in [0.29, 0.717) is 49.7 Å². The van der Waals surface area contributed by atoms with Gasteiger partial charge in [-0.1, -0.05) is 41.7 Å². The Bertz CT molecular complexity index is 1490. The zero-order valence-electron chi connectivity index (χ0n) is 19.1. The van der Waals surface area contributed by atoms with E-state index in [-0.39, 0.29) is 11.1 Å². The maximum atomic E-state index is 13.3. The molecule has 176 valence electrons. The molecule has 4 aromatic rings. The van der Waals surface area contributed by atoms with Crippen LogP contribution in [0.25, 0.3) is 21.6 Å². The highest BCUT2D eigenvalue weighted by Gasteiger charge is 2.20. The minimum absolute atomic E-state index is 0.289. The molecule has 4 aromatic heterocycles. The lowest BCUT2D eigenvalue weighted by atomic mass is 10.0. The SMILES string of the molecule is COc1cnc(Cl)cc1-c1cc(C)ncc1C(=O)Nc1nc2ncc(C#CC3CCCC3)nc2s1. The van der Waals surface area contributed by atoms with E-state index in [4.69, 9.17) is 16.3 Å². The lowest BCUT2D eigenvalue weighted by Gasteiger charge is -2.13. The number of anilines is 1. The molecule has 0 spiro atoms. The van der Waals surface area contributed by atoms with Crippen molar-refractivity contribution < 1.29 is 9.53 Å². The Morgan fingerprint density at radius 1 is 1.11 bits per heavy atom. The average Bonchev–Trinajstić information content (AvgIpc) is 3.51. The summed E-state index contributed by atoms with van der Waals surface area (Å²) in [4.78, 5) is 35.6. The van der Waals surface area contributed by atoms with Crippen LogP contribution in [0.3, 0.4) is 0 Å². The minimum Gasteiger partial charge on any atom is -0.494 e. The number of ether oxygens (including phenoxy) is 1. The summed E-state index contributed by atoms with van der Waals surface area (Å²) in [5, 5.41) is 3.52. The third-order valence-corrected chi connectivity index (χ3v) is 6.79. The Balaban J connectivity index is 1.43. The summed E-state index contributed by atoms with van der Waals surface area (Å²) in [5.74, 6) is 6.99. The first-order valence-electron chi connectivity index (χ1n) is 11.1. The second-order valence-electron chi connectivity index (χ2n) is 8.19. The molecule has 1 amide bonds.